The lowest BCUT2D eigenvalue weighted by Crippen LogP contribution is -2.35. The maximum atomic E-state index is 12.6. The van der Waals surface area contributed by atoms with Crippen molar-refractivity contribution in [2.75, 3.05) is 11.9 Å². The molecule has 1 saturated carbocycles. The van der Waals surface area contributed by atoms with Crippen molar-refractivity contribution in [2.45, 2.75) is 45.1 Å². The van der Waals surface area contributed by atoms with E-state index in [0.717, 1.165) is 18.4 Å². The molecule has 1 atom stereocenters. The van der Waals surface area contributed by atoms with Crippen LogP contribution in [0.25, 0.3) is 11.4 Å². The van der Waals surface area contributed by atoms with Gasteiger partial charge in [0, 0.05) is 37.2 Å². The summed E-state index contributed by atoms with van der Waals surface area (Å²) < 4.78 is 5.00. The zero-order valence-electron chi connectivity index (χ0n) is 14.8. The van der Waals surface area contributed by atoms with Gasteiger partial charge in [0.2, 0.25) is 23.5 Å². The van der Waals surface area contributed by atoms with Gasteiger partial charge in [-0.05, 0) is 25.0 Å². The third-order valence-electron chi connectivity index (χ3n) is 5.21. The van der Waals surface area contributed by atoms with Crippen LogP contribution in [0, 0.1) is 12.8 Å². The summed E-state index contributed by atoms with van der Waals surface area (Å²) in [7, 11) is 0. The molecule has 0 bridgehead atoms. The molecule has 2 heterocycles. The SMILES string of the molecule is Cc1nc(-c2cccc(NC(=O)C3CC(=O)N(C4CCCC4)C3)c2)no1. The molecule has 2 aliphatic rings. The van der Waals surface area contributed by atoms with Crippen LogP contribution in [0.2, 0.25) is 0 Å². The number of likely N-dealkylation sites (tertiary alicyclic amines) is 1. The summed E-state index contributed by atoms with van der Waals surface area (Å²) in [6.45, 7) is 2.26. The molecule has 2 aromatic rings. The number of amides is 2. The highest BCUT2D eigenvalue weighted by molar-refractivity contribution is 5.97. The summed E-state index contributed by atoms with van der Waals surface area (Å²) in [5.74, 6) is 0.681. The van der Waals surface area contributed by atoms with Crippen molar-refractivity contribution in [3.63, 3.8) is 0 Å². The van der Waals surface area contributed by atoms with E-state index in [4.69, 9.17) is 4.52 Å². The molecule has 1 aromatic carbocycles. The summed E-state index contributed by atoms with van der Waals surface area (Å²) in [4.78, 5) is 31.0. The fraction of sp³-hybridized carbons (Fsp3) is 0.474. The minimum absolute atomic E-state index is 0.105. The van der Waals surface area contributed by atoms with Crippen LogP contribution < -0.4 is 5.32 Å². The Kier molecular flexibility index (Phi) is 4.44. The van der Waals surface area contributed by atoms with Crippen LogP contribution in [-0.4, -0.2) is 39.4 Å². The first-order valence-electron chi connectivity index (χ1n) is 9.11. The molecular weight excluding hydrogens is 332 g/mol. The lowest BCUT2D eigenvalue weighted by molar-refractivity contribution is -0.129. The molecule has 7 heteroatoms. The standard InChI is InChI=1S/C19H22N4O3/c1-12-20-18(22-26-12)13-5-4-6-15(9-13)21-19(25)14-10-17(24)23(11-14)16-7-2-3-8-16/h4-6,9,14,16H,2-3,7-8,10-11H2,1H3,(H,21,25). The van der Waals surface area contributed by atoms with Gasteiger partial charge in [-0.2, -0.15) is 4.98 Å². The van der Waals surface area contributed by atoms with Crippen LogP contribution in [-0.2, 0) is 9.59 Å². The van der Waals surface area contributed by atoms with Crippen molar-refractivity contribution < 1.29 is 14.1 Å². The van der Waals surface area contributed by atoms with Gasteiger partial charge in [-0.25, -0.2) is 0 Å². The first-order valence-corrected chi connectivity index (χ1v) is 9.11. The second-order valence-corrected chi connectivity index (χ2v) is 7.09. The summed E-state index contributed by atoms with van der Waals surface area (Å²) in [6, 6.07) is 7.65. The van der Waals surface area contributed by atoms with Gasteiger partial charge in [-0.3, -0.25) is 9.59 Å². The van der Waals surface area contributed by atoms with Gasteiger partial charge in [-0.15, -0.1) is 0 Å². The van der Waals surface area contributed by atoms with Crippen LogP contribution in [0.5, 0.6) is 0 Å². The van der Waals surface area contributed by atoms with Crippen LogP contribution >= 0.6 is 0 Å². The molecule has 136 valence electrons. The molecule has 1 N–H and O–H groups in total. The molecule has 1 aliphatic heterocycles. The Hall–Kier alpha value is -2.70. The first-order chi connectivity index (χ1) is 12.6. The van der Waals surface area contributed by atoms with Crippen molar-refractivity contribution in [1.29, 1.82) is 0 Å². The van der Waals surface area contributed by atoms with E-state index >= 15 is 0 Å². The van der Waals surface area contributed by atoms with Crippen molar-refractivity contribution in [3.05, 3.63) is 30.2 Å². The fourth-order valence-corrected chi connectivity index (χ4v) is 3.87. The predicted octanol–water partition coefficient (Wildman–Crippen LogP) is 2.77. The maximum absolute atomic E-state index is 12.6. The first kappa shape index (κ1) is 16.8. The van der Waals surface area contributed by atoms with Gasteiger partial charge in [0.1, 0.15) is 0 Å². The van der Waals surface area contributed by atoms with Crippen LogP contribution in [0.3, 0.4) is 0 Å². The highest BCUT2D eigenvalue weighted by Gasteiger charge is 2.38. The Morgan fingerprint density at radius 3 is 2.85 bits per heavy atom. The molecule has 0 spiro atoms. The monoisotopic (exact) mass is 354 g/mol. The Morgan fingerprint density at radius 2 is 2.12 bits per heavy atom. The van der Waals surface area contributed by atoms with E-state index in [1.54, 1.807) is 6.92 Å². The van der Waals surface area contributed by atoms with Crippen LogP contribution in [0.1, 0.15) is 38.0 Å². The number of nitrogens with one attached hydrogen (secondary N) is 1. The second-order valence-electron chi connectivity index (χ2n) is 7.09. The van der Waals surface area contributed by atoms with Crippen molar-refractivity contribution in [3.8, 4) is 11.4 Å². The molecule has 2 fully saturated rings. The molecule has 26 heavy (non-hydrogen) atoms. The van der Waals surface area contributed by atoms with E-state index < -0.39 is 0 Å². The lowest BCUT2D eigenvalue weighted by atomic mass is 10.1. The number of rotatable bonds is 4. The minimum atomic E-state index is -0.292. The summed E-state index contributed by atoms with van der Waals surface area (Å²) in [6.07, 6.45) is 4.77. The lowest BCUT2D eigenvalue weighted by Gasteiger charge is -2.23. The van der Waals surface area contributed by atoms with E-state index in [2.05, 4.69) is 15.5 Å². The van der Waals surface area contributed by atoms with Crippen LogP contribution in [0.15, 0.2) is 28.8 Å². The zero-order chi connectivity index (χ0) is 18.1. The molecular formula is C19H22N4O3. The number of aryl methyl sites for hydroxylation is 1. The van der Waals surface area contributed by atoms with Gasteiger partial charge >= 0.3 is 0 Å². The predicted molar refractivity (Wildman–Crippen MR) is 95.2 cm³/mol. The molecule has 1 saturated heterocycles. The molecule has 1 aromatic heterocycles. The summed E-state index contributed by atoms with van der Waals surface area (Å²) in [5.41, 5.74) is 1.44. The number of nitrogens with zero attached hydrogens (tertiary/aromatic N) is 3. The third kappa shape index (κ3) is 3.34. The Bertz CT molecular complexity index is 826. The number of anilines is 1. The smallest absolute Gasteiger partial charge is 0.229 e. The van der Waals surface area contributed by atoms with E-state index in [0.29, 0.717) is 36.4 Å². The summed E-state index contributed by atoms with van der Waals surface area (Å²) in [5, 5.41) is 6.83. The average molecular weight is 354 g/mol. The summed E-state index contributed by atoms with van der Waals surface area (Å²) >= 11 is 0. The van der Waals surface area contributed by atoms with Gasteiger partial charge in [-0.1, -0.05) is 30.1 Å². The van der Waals surface area contributed by atoms with E-state index in [1.807, 2.05) is 29.2 Å². The highest BCUT2D eigenvalue weighted by atomic mass is 16.5. The average Bonchev–Trinajstić information content (AvgIpc) is 3.35. The Balaban J connectivity index is 1.43. The molecule has 2 amide bonds. The van der Waals surface area contributed by atoms with E-state index in [9.17, 15) is 9.59 Å². The number of carbonyl (C=O) groups is 2. The van der Waals surface area contributed by atoms with Crippen LogP contribution in [0.4, 0.5) is 5.69 Å². The van der Waals surface area contributed by atoms with Crippen molar-refractivity contribution in [1.82, 2.24) is 15.0 Å². The van der Waals surface area contributed by atoms with Crippen molar-refractivity contribution in [2.24, 2.45) is 5.92 Å². The molecule has 0 radical (unpaired) electrons. The largest absolute Gasteiger partial charge is 0.339 e. The third-order valence-corrected chi connectivity index (χ3v) is 5.21. The quantitative estimate of drug-likeness (QED) is 0.912. The van der Waals surface area contributed by atoms with Gasteiger partial charge < -0.3 is 14.7 Å². The number of hydrogen-bond donors (Lipinski definition) is 1. The molecule has 1 unspecified atom stereocenters. The minimum Gasteiger partial charge on any atom is -0.339 e. The molecule has 4 rings (SSSR count). The number of aromatic nitrogens is 2. The normalized spacial score (nSPS) is 20.7. The van der Waals surface area contributed by atoms with E-state index in [1.165, 1.54) is 12.8 Å². The van der Waals surface area contributed by atoms with Gasteiger partial charge in [0.25, 0.3) is 0 Å². The Morgan fingerprint density at radius 1 is 1.31 bits per heavy atom. The number of carbonyl (C=O) groups excluding carboxylic acids is 2. The number of benzene rings is 1. The second kappa shape index (κ2) is 6.90. The molecule has 1 aliphatic carbocycles. The van der Waals surface area contributed by atoms with Crippen molar-refractivity contribution >= 4 is 17.5 Å². The zero-order valence-corrected chi connectivity index (χ0v) is 14.8. The molecule has 7 nitrogen and oxygen atoms in total. The maximum Gasteiger partial charge on any atom is 0.229 e. The fourth-order valence-electron chi connectivity index (χ4n) is 3.87. The topological polar surface area (TPSA) is 88.3 Å². The highest BCUT2D eigenvalue weighted by Crippen LogP contribution is 2.30. The van der Waals surface area contributed by atoms with Gasteiger partial charge in [0.05, 0.1) is 5.92 Å². The Labute approximate surface area is 151 Å². The number of hydrogen-bond acceptors (Lipinski definition) is 5. The van der Waals surface area contributed by atoms with E-state index in [-0.39, 0.29) is 17.7 Å². The van der Waals surface area contributed by atoms with Gasteiger partial charge in [0.15, 0.2) is 0 Å².